The van der Waals surface area contributed by atoms with Gasteiger partial charge in [0, 0.05) is 11.8 Å². The molecular weight excluding hydrogens is 286 g/mol. The zero-order valence-electron chi connectivity index (χ0n) is 11.3. The number of rotatable bonds is 4. The van der Waals surface area contributed by atoms with Gasteiger partial charge in [-0.15, -0.1) is 0 Å². The quantitative estimate of drug-likeness (QED) is 0.799. The minimum Gasteiger partial charge on any atom is -0.477 e. The Kier molecular flexibility index (Phi) is 3.07. The maximum atomic E-state index is 13.0. The Labute approximate surface area is 119 Å². The number of halogens is 2. The van der Waals surface area contributed by atoms with E-state index in [2.05, 4.69) is 4.74 Å². The summed E-state index contributed by atoms with van der Waals surface area (Å²) < 4.78 is 30.6. The summed E-state index contributed by atoms with van der Waals surface area (Å²) in [4.78, 5) is 34.5. The van der Waals surface area contributed by atoms with E-state index in [0.29, 0.717) is 19.3 Å². The van der Waals surface area contributed by atoms with Gasteiger partial charge in [-0.1, -0.05) is 0 Å². The molecule has 4 bridgehead atoms. The Bertz CT molecular complexity index is 497. The number of hydrogen-bond donors (Lipinski definition) is 1. The van der Waals surface area contributed by atoms with Gasteiger partial charge in [0.2, 0.25) is 0 Å². The highest BCUT2D eigenvalue weighted by atomic mass is 19.3. The topological polar surface area (TPSA) is 80.7 Å². The van der Waals surface area contributed by atoms with Crippen LogP contribution in [0.15, 0.2) is 0 Å². The average Bonchev–Trinajstić information content (AvgIpc) is 2.41. The molecule has 0 heterocycles. The lowest BCUT2D eigenvalue weighted by molar-refractivity contribution is -0.189. The molecule has 0 aromatic rings. The third-order valence-electron chi connectivity index (χ3n) is 5.12. The smallest absolute Gasteiger partial charge is 0.378 e. The Morgan fingerprint density at radius 2 is 1.81 bits per heavy atom. The van der Waals surface area contributed by atoms with Crippen molar-refractivity contribution in [2.45, 2.75) is 38.0 Å². The molecule has 4 aliphatic carbocycles. The van der Waals surface area contributed by atoms with Crippen molar-refractivity contribution in [1.82, 2.24) is 0 Å². The van der Waals surface area contributed by atoms with E-state index in [1.54, 1.807) is 0 Å². The largest absolute Gasteiger partial charge is 0.477 e. The lowest BCUT2D eigenvalue weighted by Gasteiger charge is -2.53. The third-order valence-corrected chi connectivity index (χ3v) is 5.12. The van der Waals surface area contributed by atoms with Crippen molar-refractivity contribution in [2.24, 2.45) is 23.2 Å². The van der Waals surface area contributed by atoms with Crippen molar-refractivity contribution in [3.63, 3.8) is 0 Å². The first-order valence-electron chi connectivity index (χ1n) is 7.06. The number of carbonyl (C=O) groups excluding carboxylic acids is 2. The molecular formula is C14H16F2O5. The Balaban J connectivity index is 1.71. The lowest BCUT2D eigenvalue weighted by atomic mass is 9.49. The van der Waals surface area contributed by atoms with Crippen molar-refractivity contribution in [3.8, 4) is 0 Å². The Hall–Kier alpha value is -1.53. The van der Waals surface area contributed by atoms with E-state index < -0.39 is 29.9 Å². The summed E-state index contributed by atoms with van der Waals surface area (Å²) in [5.41, 5.74) is -0.862. The maximum absolute atomic E-state index is 13.0. The molecule has 4 aliphatic rings. The van der Waals surface area contributed by atoms with E-state index in [4.69, 9.17) is 5.11 Å². The molecule has 21 heavy (non-hydrogen) atoms. The maximum Gasteiger partial charge on any atom is 0.378 e. The van der Waals surface area contributed by atoms with E-state index in [9.17, 15) is 23.2 Å². The van der Waals surface area contributed by atoms with Gasteiger partial charge in [-0.05, 0) is 38.0 Å². The molecule has 3 unspecified atom stereocenters. The molecule has 7 heteroatoms. The summed E-state index contributed by atoms with van der Waals surface area (Å²) in [7, 11) is 0. The Morgan fingerprint density at radius 1 is 1.24 bits per heavy atom. The SMILES string of the molecule is O=C1C2CC3C[C@@H]1CC(C(=O)OCC(F)(F)C(=O)O)(C3)C2. The molecule has 1 N–H and O–H groups in total. The summed E-state index contributed by atoms with van der Waals surface area (Å²) in [6.45, 7) is -1.45. The second-order valence-corrected chi connectivity index (χ2v) is 6.61. The first kappa shape index (κ1) is 14.4. The number of ether oxygens (including phenoxy) is 1. The predicted octanol–water partition coefficient (Wildman–Crippen LogP) is 1.64. The van der Waals surface area contributed by atoms with Gasteiger partial charge >= 0.3 is 17.9 Å². The van der Waals surface area contributed by atoms with Crippen LogP contribution in [0.1, 0.15) is 32.1 Å². The fraction of sp³-hybridized carbons (Fsp3) is 0.786. The van der Waals surface area contributed by atoms with E-state index in [1.165, 1.54) is 0 Å². The van der Waals surface area contributed by atoms with Crippen LogP contribution in [-0.4, -0.2) is 35.4 Å². The standard InChI is InChI=1S/C14H16F2O5/c15-14(16,11(18)19)6-21-12(20)13-3-7-1-8(4-13)10(17)9(2-7)5-13/h7-9H,1-6H2,(H,18,19)/t7?,8-,9?,13?/m1/s1. The first-order valence-corrected chi connectivity index (χ1v) is 7.06. The number of carbonyl (C=O) groups is 3. The van der Waals surface area contributed by atoms with E-state index in [1.807, 2.05) is 0 Å². The molecule has 4 atom stereocenters. The number of aliphatic carboxylic acids is 1. The molecule has 0 spiro atoms. The first-order chi connectivity index (χ1) is 9.73. The Morgan fingerprint density at radius 3 is 2.33 bits per heavy atom. The van der Waals surface area contributed by atoms with E-state index in [-0.39, 0.29) is 23.5 Å². The average molecular weight is 302 g/mol. The summed E-state index contributed by atoms with van der Waals surface area (Å²) in [5, 5.41) is 8.34. The minimum atomic E-state index is -4.08. The normalized spacial score (nSPS) is 37.6. The summed E-state index contributed by atoms with van der Waals surface area (Å²) in [6, 6.07) is 0. The van der Waals surface area contributed by atoms with Crippen molar-refractivity contribution in [1.29, 1.82) is 0 Å². The highest BCUT2D eigenvalue weighted by molar-refractivity contribution is 5.89. The summed E-state index contributed by atoms with van der Waals surface area (Å²) in [6.07, 6.45) is 2.82. The molecule has 5 nitrogen and oxygen atoms in total. The van der Waals surface area contributed by atoms with Crippen molar-refractivity contribution < 1.29 is 33.0 Å². The zero-order valence-corrected chi connectivity index (χ0v) is 11.3. The molecule has 0 radical (unpaired) electrons. The van der Waals surface area contributed by atoms with Crippen LogP contribution in [0, 0.1) is 23.2 Å². The van der Waals surface area contributed by atoms with Gasteiger partial charge in [-0.2, -0.15) is 8.78 Å². The van der Waals surface area contributed by atoms with Crippen LogP contribution in [0.25, 0.3) is 0 Å². The monoisotopic (exact) mass is 302 g/mol. The number of carboxylic acids is 1. The van der Waals surface area contributed by atoms with Crippen molar-refractivity contribution in [3.05, 3.63) is 0 Å². The molecule has 0 aliphatic heterocycles. The van der Waals surface area contributed by atoms with Crippen LogP contribution in [0.4, 0.5) is 8.78 Å². The van der Waals surface area contributed by atoms with Crippen molar-refractivity contribution in [2.75, 3.05) is 6.61 Å². The zero-order chi connectivity index (χ0) is 15.4. The van der Waals surface area contributed by atoms with Crippen LogP contribution in [0.5, 0.6) is 0 Å². The molecule has 0 aromatic heterocycles. The molecule has 0 saturated heterocycles. The van der Waals surface area contributed by atoms with E-state index in [0.717, 1.165) is 12.8 Å². The summed E-state index contributed by atoms with van der Waals surface area (Å²) in [5.74, 6) is -7.02. The van der Waals surface area contributed by atoms with E-state index >= 15 is 0 Å². The molecule has 4 fully saturated rings. The van der Waals surface area contributed by atoms with Crippen LogP contribution in [-0.2, 0) is 19.1 Å². The third kappa shape index (κ3) is 2.22. The summed E-state index contributed by atoms with van der Waals surface area (Å²) >= 11 is 0. The van der Waals surface area contributed by atoms with Gasteiger partial charge in [0.1, 0.15) is 5.78 Å². The highest BCUT2D eigenvalue weighted by Gasteiger charge is 2.59. The predicted molar refractivity (Wildman–Crippen MR) is 64.5 cm³/mol. The number of esters is 1. The van der Waals surface area contributed by atoms with Crippen LogP contribution in [0.2, 0.25) is 0 Å². The number of hydrogen-bond acceptors (Lipinski definition) is 4. The van der Waals surface area contributed by atoms with Crippen molar-refractivity contribution >= 4 is 17.7 Å². The molecule has 4 rings (SSSR count). The van der Waals surface area contributed by atoms with Gasteiger partial charge in [-0.3, -0.25) is 9.59 Å². The second-order valence-electron chi connectivity index (χ2n) is 6.61. The van der Waals surface area contributed by atoms with Crippen LogP contribution >= 0.6 is 0 Å². The number of Topliss-reactive ketones (excluding diaryl/α,β-unsaturated/α-hetero) is 1. The lowest BCUT2D eigenvalue weighted by Crippen LogP contribution is -2.55. The van der Waals surface area contributed by atoms with Crippen LogP contribution < -0.4 is 0 Å². The van der Waals surface area contributed by atoms with Gasteiger partial charge in [0.05, 0.1) is 5.41 Å². The number of alkyl halides is 2. The van der Waals surface area contributed by atoms with Gasteiger partial charge in [0.15, 0.2) is 6.61 Å². The minimum absolute atomic E-state index is 0.163. The van der Waals surface area contributed by atoms with Gasteiger partial charge < -0.3 is 9.84 Å². The fourth-order valence-corrected chi connectivity index (χ4v) is 4.37. The highest BCUT2D eigenvalue weighted by Crippen LogP contribution is 2.59. The van der Waals surface area contributed by atoms with Gasteiger partial charge in [0.25, 0.3) is 0 Å². The number of ketones is 1. The molecule has 0 amide bonds. The second kappa shape index (κ2) is 4.48. The molecule has 0 aromatic carbocycles. The fourth-order valence-electron chi connectivity index (χ4n) is 4.37. The van der Waals surface area contributed by atoms with Gasteiger partial charge in [-0.25, -0.2) is 4.79 Å². The number of carboxylic acid groups (broad SMARTS) is 1. The van der Waals surface area contributed by atoms with Crippen LogP contribution in [0.3, 0.4) is 0 Å². The molecule has 4 saturated carbocycles. The molecule has 116 valence electrons.